The monoisotopic (exact) mass is 291 g/mol. The van der Waals surface area contributed by atoms with Crippen LogP contribution in [0.15, 0.2) is 6.07 Å². The minimum absolute atomic E-state index is 0.287. The Bertz CT molecular complexity index is 419. The predicted octanol–water partition coefficient (Wildman–Crippen LogP) is 3.14. The normalized spacial score (nSPS) is 23.1. The number of halogens is 1. The summed E-state index contributed by atoms with van der Waals surface area (Å²) in [6, 6.07) is 2.77. The van der Waals surface area contributed by atoms with Gasteiger partial charge >= 0.3 is 0 Å². The number of rotatable bonds is 4. The van der Waals surface area contributed by atoms with E-state index in [0.29, 0.717) is 11.8 Å². The minimum Gasteiger partial charge on any atom is -0.306 e. The van der Waals surface area contributed by atoms with Crippen LogP contribution in [-0.4, -0.2) is 22.3 Å². The molecule has 1 aromatic rings. The van der Waals surface area contributed by atoms with E-state index < -0.39 is 10.8 Å². The van der Waals surface area contributed by atoms with Crippen molar-refractivity contribution in [2.24, 2.45) is 0 Å². The number of hydrogen-bond donors (Lipinski definition) is 1. The quantitative estimate of drug-likeness (QED) is 0.923. The number of thiophene rings is 1. The second-order valence-corrected chi connectivity index (χ2v) is 7.93. The van der Waals surface area contributed by atoms with Gasteiger partial charge in [0.25, 0.3) is 0 Å². The largest absolute Gasteiger partial charge is 0.306 e. The van der Waals surface area contributed by atoms with Crippen molar-refractivity contribution in [3.63, 3.8) is 0 Å². The van der Waals surface area contributed by atoms with E-state index in [9.17, 15) is 4.21 Å². The summed E-state index contributed by atoms with van der Waals surface area (Å²) in [6.45, 7) is 2.10. The highest BCUT2D eigenvalue weighted by Crippen LogP contribution is 2.37. The first-order chi connectivity index (χ1) is 8.06. The van der Waals surface area contributed by atoms with Crippen molar-refractivity contribution < 1.29 is 4.21 Å². The van der Waals surface area contributed by atoms with E-state index in [2.05, 4.69) is 18.3 Å². The molecule has 0 saturated heterocycles. The van der Waals surface area contributed by atoms with Gasteiger partial charge in [-0.05, 0) is 37.8 Å². The molecule has 0 amide bonds. The van der Waals surface area contributed by atoms with Gasteiger partial charge in [0.05, 0.1) is 4.34 Å². The molecule has 0 fully saturated rings. The molecular weight excluding hydrogens is 274 g/mol. The third-order valence-corrected chi connectivity index (χ3v) is 5.36. The Balaban J connectivity index is 2.05. The molecule has 2 nitrogen and oxygen atoms in total. The van der Waals surface area contributed by atoms with Crippen LogP contribution in [0.1, 0.15) is 36.2 Å². The zero-order valence-electron chi connectivity index (χ0n) is 10.2. The van der Waals surface area contributed by atoms with Gasteiger partial charge in [0, 0.05) is 39.8 Å². The number of nitrogens with one attached hydrogen (secondary N) is 1. The second kappa shape index (κ2) is 5.83. The predicted molar refractivity (Wildman–Crippen MR) is 76.5 cm³/mol. The molecule has 3 atom stereocenters. The van der Waals surface area contributed by atoms with Gasteiger partial charge in [-0.15, -0.1) is 11.3 Å². The van der Waals surface area contributed by atoms with E-state index >= 15 is 0 Å². The highest BCUT2D eigenvalue weighted by molar-refractivity contribution is 7.84. The van der Waals surface area contributed by atoms with Crippen molar-refractivity contribution in [1.82, 2.24) is 5.32 Å². The summed E-state index contributed by atoms with van der Waals surface area (Å²) >= 11 is 7.78. The van der Waals surface area contributed by atoms with Gasteiger partial charge in [-0.1, -0.05) is 11.6 Å². The third kappa shape index (κ3) is 3.53. The first-order valence-electron chi connectivity index (χ1n) is 5.90. The molecule has 1 heterocycles. The Kier molecular flexibility index (Phi) is 4.64. The first kappa shape index (κ1) is 13.5. The summed E-state index contributed by atoms with van der Waals surface area (Å²) in [6.07, 6.45) is 5.27. The molecule has 1 aliphatic carbocycles. The lowest BCUT2D eigenvalue weighted by molar-refractivity contribution is 0.428. The van der Waals surface area contributed by atoms with Gasteiger partial charge < -0.3 is 5.32 Å². The smallest absolute Gasteiger partial charge is 0.0934 e. The summed E-state index contributed by atoms with van der Waals surface area (Å²) in [5.41, 5.74) is 1.36. The average molecular weight is 292 g/mol. The van der Waals surface area contributed by atoms with E-state index in [-0.39, 0.29) is 6.04 Å². The molecule has 1 aliphatic rings. The summed E-state index contributed by atoms with van der Waals surface area (Å²) in [7, 11) is -0.739. The standard InChI is InChI=1S/C12H18ClNOS2/c1-8(7-17(2)15)14-10-4-3-5-11-9(10)6-12(13)16-11/h6,8,10,14H,3-5,7H2,1-2H3. The maximum Gasteiger partial charge on any atom is 0.0934 e. The Morgan fingerprint density at radius 1 is 1.71 bits per heavy atom. The van der Waals surface area contributed by atoms with Crippen LogP contribution >= 0.6 is 22.9 Å². The zero-order valence-corrected chi connectivity index (χ0v) is 12.6. The van der Waals surface area contributed by atoms with Crippen LogP contribution in [0, 0.1) is 0 Å². The summed E-state index contributed by atoms with van der Waals surface area (Å²) in [4.78, 5) is 1.42. The van der Waals surface area contributed by atoms with E-state index in [4.69, 9.17) is 11.6 Å². The van der Waals surface area contributed by atoms with Crippen molar-refractivity contribution in [2.45, 2.75) is 38.3 Å². The van der Waals surface area contributed by atoms with E-state index in [1.54, 1.807) is 17.6 Å². The molecule has 0 aliphatic heterocycles. The van der Waals surface area contributed by atoms with Gasteiger partial charge in [-0.25, -0.2) is 0 Å². The van der Waals surface area contributed by atoms with Crippen LogP contribution < -0.4 is 5.32 Å². The van der Waals surface area contributed by atoms with Gasteiger partial charge in [0.1, 0.15) is 0 Å². The van der Waals surface area contributed by atoms with Crippen LogP contribution in [-0.2, 0) is 17.2 Å². The second-order valence-electron chi connectivity index (χ2n) is 4.68. The van der Waals surface area contributed by atoms with Crippen LogP contribution in [0.3, 0.4) is 0 Å². The molecule has 0 bridgehead atoms. The molecule has 0 saturated carbocycles. The molecule has 3 unspecified atom stereocenters. The minimum atomic E-state index is -0.739. The Morgan fingerprint density at radius 2 is 2.47 bits per heavy atom. The van der Waals surface area contributed by atoms with E-state index in [1.165, 1.54) is 16.9 Å². The third-order valence-electron chi connectivity index (χ3n) is 3.05. The molecule has 2 rings (SSSR count). The van der Waals surface area contributed by atoms with Crippen molar-refractivity contribution in [1.29, 1.82) is 0 Å². The number of aryl methyl sites for hydroxylation is 1. The maximum absolute atomic E-state index is 11.2. The Labute approximate surface area is 114 Å². The van der Waals surface area contributed by atoms with Crippen molar-refractivity contribution >= 4 is 33.7 Å². The molecular formula is C12H18ClNOS2. The molecule has 1 aromatic heterocycles. The molecule has 0 radical (unpaired) electrons. The van der Waals surface area contributed by atoms with Crippen LogP contribution in [0.5, 0.6) is 0 Å². The maximum atomic E-state index is 11.2. The topological polar surface area (TPSA) is 29.1 Å². The van der Waals surface area contributed by atoms with Gasteiger partial charge in [0.2, 0.25) is 0 Å². The summed E-state index contributed by atoms with van der Waals surface area (Å²) in [5.74, 6) is 0.712. The highest BCUT2D eigenvalue weighted by Gasteiger charge is 2.23. The van der Waals surface area contributed by atoms with Crippen molar-refractivity contribution in [3.05, 3.63) is 20.8 Å². The molecule has 1 N–H and O–H groups in total. The van der Waals surface area contributed by atoms with Gasteiger partial charge in [0.15, 0.2) is 0 Å². The molecule has 0 aromatic carbocycles. The number of hydrogen-bond acceptors (Lipinski definition) is 3. The highest BCUT2D eigenvalue weighted by atomic mass is 35.5. The number of fused-ring (bicyclic) bond motifs is 1. The van der Waals surface area contributed by atoms with Crippen LogP contribution in [0.2, 0.25) is 4.34 Å². The molecule has 0 spiro atoms. The molecule has 5 heteroatoms. The van der Waals surface area contributed by atoms with E-state index in [1.807, 2.05) is 0 Å². The van der Waals surface area contributed by atoms with Crippen LogP contribution in [0.4, 0.5) is 0 Å². The molecule has 96 valence electrons. The van der Waals surface area contributed by atoms with E-state index in [0.717, 1.165) is 17.2 Å². The SMILES string of the molecule is CC(CS(C)=O)NC1CCCc2sc(Cl)cc21. The lowest BCUT2D eigenvalue weighted by Gasteiger charge is -2.26. The van der Waals surface area contributed by atoms with Gasteiger partial charge in [-0.2, -0.15) is 0 Å². The Morgan fingerprint density at radius 3 is 3.18 bits per heavy atom. The summed E-state index contributed by atoms with van der Waals surface area (Å²) in [5, 5.41) is 3.57. The zero-order chi connectivity index (χ0) is 12.4. The lowest BCUT2D eigenvalue weighted by atomic mass is 9.93. The fourth-order valence-electron chi connectivity index (χ4n) is 2.44. The Hall–Kier alpha value is 0.1000. The van der Waals surface area contributed by atoms with Gasteiger partial charge in [-0.3, -0.25) is 4.21 Å². The molecule has 17 heavy (non-hydrogen) atoms. The first-order valence-corrected chi connectivity index (χ1v) is 8.82. The fraction of sp³-hybridized carbons (Fsp3) is 0.667. The summed E-state index contributed by atoms with van der Waals surface area (Å²) < 4.78 is 12.1. The fourth-order valence-corrected chi connectivity index (χ4v) is 4.62. The average Bonchev–Trinajstić information content (AvgIpc) is 2.58. The lowest BCUT2D eigenvalue weighted by Crippen LogP contribution is -2.35. The van der Waals surface area contributed by atoms with Crippen molar-refractivity contribution in [3.8, 4) is 0 Å². The van der Waals surface area contributed by atoms with Crippen molar-refractivity contribution in [2.75, 3.05) is 12.0 Å². The van der Waals surface area contributed by atoms with Crippen LogP contribution in [0.25, 0.3) is 0 Å².